The molecule has 1 fully saturated rings. The number of hydrogen-bond donors (Lipinski definition) is 0. The van der Waals surface area contributed by atoms with E-state index in [9.17, 15) is 14.4 Å². The van der Waals surface area contributed by atoms with Gasteiger partial charge in [0.05, 0.1) is 17.6 Å². The van der Waals surface area contributed by atoms with Crippen LogP contribution in [-0.4, -0.2) is 33.0 Å². The predicted octanol–water partition coefficient (Wildman–Crippen LogP) is 3.12. The van der Waals surface area contributed by atoms with Crippen LogP contribution in [-0.2, 0) is 17.9 Å². The van der Waals surface area contributed by atoms with E-state index in [1.165, 1.54) is 9.13 Å². The van der Waals surface area contributed by atoms with E-state index in [4.69, 9.17) is 11.6 Å². The topological polar surface area (TPSA) is 64.3 Å². The molecule has 0 N–H and O–H groups in total. The Kier molecular flexibility index (Phi) is 5.77. The van der Waals surface area contributed by atoms with Gasteiger partial charge in [-0.25, -0.2) is 0 Å². The van der Waals surface area contributed by atoms with Crippen LogP contribution in [0, 0.1) is 5.92 Å². The Morgan fingerprint density at radius 3 is 2.30 bits per heavy atom. The van der Waals surface area contributed by atoms with Crippen LogP contribution in [0.25, 0.3) is 11.0 Å². The first-order valence-corrected chi connectivity index (χ1v) is 10.6. The molecule has 2 aromatic carbocycles. The zero-order valence-electron chi connectivity index (χ0n) is 16.9. The number of carbonyl (C=O) groups is 1. The molecule has 0 radical (unpaired) electrons. The van der Waals surface area contributed by atoms with Crippen molar-refractivity contribution in [1.29, 1.82) is 0 Å². The van der Waals surface area contributed by atoms with Crippen LogP contribution < -0.4 is 11.1 Å². The molecular weight excluding hydrogens is 402 g/mol. The highest BCUT2D eigenvalue weighted by atomic mass is 35.5. The highest BCUT2D eigenvalue weighted by Gasteiger charge is 2.23. The van der Waals surface area contributed by atoms with Crippen molar-refractivity contribution in [3.05, 3.63) is 79.8 Å². The van der Waals surface area contributed by atoms with E-state index >= 15 is 0 Å². The smallest absolute Gasteiger partial charge is 0.317 e. The largest absolute Gasteiger partial charge is 0.341 e. The van der Waals surface area contributed by atoms with Crippen LogP contribution in [0.2, 0.25) is 5.02 Å². The van der Waals surface area contributed by atoms with E-state index in [1.54, 1.807) is 29.2 Å². The molecule has 156 valence electrons. The lowest BCUT2D eigenvalue weighted by atomic mass is 10.0. The van der Waals surface area contributed by atoms with Crippen LogP contribution in [0.4, 0.5) is 0 Å². The molecule has 1 saturated heterocycles. The molecule has 0 aliphatic carbocycles. The first kappa shape index (κ1) is 20.4. The highest BCUT2D eigenvalue weighted by molar-refractivity contribution is 6.30. The van der Waals surface area contributed by atoms with E-state index in [2.05, 4.69) is 6.92 Å². The molecule has 1 aliphatic heterocycles. The summed E-state index contributed by atoms with van der Waals surface area (Å²) in [4.78, 5) is 40.6. The van der Waals surface area contributed by atoms with Crippen molar-refractivity contribution < 1.29 is 4.79 Å². The maximum absolute atomic E-state index is 13.0. The number of nitrogens with zero attached hydrogens (tertiary/aromatic N) is 3. The van der Waals surface area contributed by atoms with Gasteiger partial charge in [-0.3, -0.25) is 23.5 Å². The molecule has 0 unspecified atom stereocenters. The number of aromatic nitrogens is 2. The summed E-state index contributed by atoms with van der Waals surface area (Å²) in [5, 5.41) is 0.608. The SMILES string of the molecule is C[C@@H]1CCCN(C(=O)Cn2c(=O)c(=O)n(Cc3ccc(Cl)cc3)c3ccccc32)C1. The van der Waals surface area contributed by atoms with Crippen molar-refractivity contribution in [2.24, 2.45) is 5.92 Å². The Bertz CT molecular complexity index is 1200. The number of rotatable bonds is 4. The summed E-state index contributed by atoms with van der Waals surface area (Å²) in [6, 6.07) is 14.4. The van der Waals surface area contributed by atoms with Crippen LogP contribution in [0.15, 0.2) is 58.1 Å². The lowest BCUT2D eigenvalue weighted by Crippen LogP contribution is -2.46. The molecule has 4 rings (SSSR count). The summed E-state index contributed by atoms with van der Waals surface area (Å²) < 4.78 is 2.78. The molecule has 3 aromatic rings. The average Bonchev–Trinajstić information content (AvgIpc) is 2.75. The summed E-state index contributed by atoms with van der Waals surface area (Å²) in [6.45, 7) is 3.65. The van der Waals surface area contributed by atoms with E-state index < -0.39 is 11.1 Å². The van der Waals surface area contributed by atoms with Crippen molar-refractivity contribution in [1.82, 2.24) is 14.0 Å². The van der Waals surface area contributed by atoms with Gasteiger partial charge in [-0.2, -0.15) is 0 Å². The minimum Gasteiger partial charge on any atom is -0.341 e. The minimum absolute atomic E-state index is 0.122. The average molecular weight is 426 g/mol. The van der Waals surface area contributed by atoms with Crippen molar-refractivity contribution in [2.75, 3.05) is 13.1 Å². The van der Waals surface area contributed by atoms with Crippen LogP contribution in [0.3, 0.4) is 0 Å². The molecule has 30 heavy (non-hydrogen) atoms. The Morgan fingerprint density at radius 1 is 1.00 bits per heavy atom. The number of piperidine rings is 1. The lowest BCUT2D eigenvalue weighted by Gasteiger charge is -2.31. The van der Waals surface area contributed by atoms with Gasteiger partial charge in [0, 0.05) is 18.1 Å². The number of fused-ring (bicyclic) bond motifs is 1. The summed E-state index contributed by atoms with van der Waals surface area (Å²) >= 11 is 5.95. The van der Waals surface area contributed by atoms with Crippen molar-refractivity contribution in [2.45, 2.75) is 32.9 Å². The highest BCUT2D eigenvalue weighted by Crippen LogP contribution is 2.17. The van der Waals surface area contributed by atoms with Gasteiger partial charge in [-0.05, 0) is 48.6 Å². The zero-order valence-corrected chi connectivity index (χ0v) is 17.6. The molecule has 1 atom stereocenters. The second kappa shape index (κ2) is 8.48. The predicted molar refractivity (Wildman–Crippen MR) is 118 cm³/mol. The maximum Gasteiger partial charge on any atom is 0.317 e. The van der Waals surface area contributed by atoms with Crippen molar-refractivity contribution in [3.8, 4) is 0 Å². The quantitative estimate of drug-likeness (QED) is 0.603. The Labute approximate surface area is 179 Å². The van der Waals surface area contributed by atoms with Crippen LogP contribution in [0.1, 0.15) is 25.3 Å². The molecule has 0 spiro atoms. The Morgan fingerprint density at radius 2 is 1.63 bits per heavy atom. The molecule has 1 aliphatic rings. The van der Waals surface area contributed by atoms with Gasteiger partial charge in [0.15, 0.2) is 0 Å². The Hall–Kier alpha value is -2.86. The number of amides is 1. The number of benzene rings is 2. The summed E-state index contributed by atoms with van der Waals surface area (Å²) in [5.74, 6) is 0.326. The minimum atomic E-state index is -0.680. The maximum atomic E-state index is 13.0. The third kappa shape index (κ3) is 4.05. The molecule has 6 nitrogen and oxygen atoms in total. The second-order valence-corrected chi connectivity index (χ2v) is 8.42. The summed E-state index contributed by atoms with van der Waals surface area (Å²) in [7, 11) is 0. The molecule has 0 saturated carbocycles. The van der Waals surface area contributed by atoms with E-state index in [1.807, 2.05) is 24.3 Å². The number of carbonyl (C=O) groups excluding carboxylic acids is 1. The molecule has 1 amide bonds. The fourth-order valence-corrected chi connectivity index (χ4v) is 4.23. The molecule has 1 aromatic heterocycles. The Balaban J connectivity index is 1.74. The molecular formula is C23H24ClN3O3. The number of likely N-dealkylation sites (tertiary alicyclic amines) is 1. The van der Waals surface area contributed by atoms with Crippen LogP contribution >= 0.6 is 11.6 Å². The van der Waals surface area contributed by atoms with Crippen molar-refractivity contribution >= 4 is 28.5 Å². The third-order valence-corrected chi connectivity index (χ3v) is 5.95. The van der Waals surface area contributed by atoms with E-state index in [0.29, 0.717) is 35.1 Å². The summed E-state index contributed by atoms with van der Waals surface area (Å²) in [5.41, 5.74) is 0.748. The first-order chi connectivity index (χ1) is 14.4. The van der Waals surface area contributed by atoms with Gasteiger partial charge in [-0.1, -0.05) is 42.8 Å². The van der Waals surface area contributed by atoms with Gasteiger partial charge < -0.3 is 4.90 Å². The fourth-order valence-electron chi connectivity index (χ4n) is 4.11. The number of hydrogen-bond acceptors (Lipinski definition) is 3. The van der Waals surface area contributed by atoms with E-state index in [-0.39, 0.29) is 19.0 Å². The van der Waals surface area contributed by atoms with E-state index in [0.717, 1.165) is 18.4 Å². The molecule has 2 heterocycles. The third-order valence-electron chi connectivity index (χ3n) is 5.69. The van der Waals surface area contributed by atoms with Gasteiger partial charge >= 0.3 is 11.1 Å². The lowest BCUT2D eigenvalue weighted by molar-refractivity contribution is -0.133. The normalized spacial score (nSPS) is 16.7. The van der Waals surface area contributed by atoms with Gasteiger partial charge in [0.1, 0.15) is 6.54 Å². The van der Waals surface area contributed by atoms with Gasteiger partial charge in [0.2, 0.25) is 5.91 Å². The monoisotopic (exact) mass is 425 g/mol. The van der Waals surface area contributed by atoms with Gasteiger partial charge in [0.25, 0.3) is 0 Å². The molecule has 0 bridgehead atoms. The molecule has 7 heteroatoms. The standard InChI is InChI=1S/C23H24ClN3O3/c1-16-5-4-12-25(13-16)21(28)15-27-20-7-3-2-6-19(20)26(22(29)23(27)30)14-17-8-10-18(24)11-9-17/h2-3,6-11,16H,4-5,12-15H2,1H3/t16-/m1/s1. The summed E-state index contributed by atoms with van der Waals surface area (Å²) in [6.07, 6.45) is 2.07. The fraction of sp³-hybridized carbons (Fsp3) is 0.348. The van der Waals surface area contributed by atoms with Crippen LogP contribution in [0.5, 0.6) is 0 Å². The number of halogens is 1. The van der Waals surface area contributed by atoms with Gasteiger partial charge in [-0.15, -0.1) is 0 Å². The number of para-hydroxylation sites is 2. The first-order valence-electron chi connectivity index (χ1n) is 10.2. The second-order valence-electron chi connectivity index (χ2n) is 7.98. The van der Waals surface area contributed by atoms with Crippen molar-refractivity contribution in [3.63, 3.8) is 0 Å². The zero-order chi connectivity index (χ0) is 21.3.